The molecule has 2 aromatic carbocycles. The van der Waals surface area contributed by atoms with E-state index in [9.17, 15) is 4.79 Å². The number of carbonyl (C=O) groups excluding carboxylic acids is 1. The van der Waals surface area contributed by atoms with Gasteiger partial charge < -0.3 is 4.74 Å². The van der Waals surface area contributed by atoms with Crippen LogP contribution < -0.4 is 4.74 Å². The fourth-order valence-corrected chi connectivity index (χ4v) is 2.14. The Bertz CT molecular complexity index is 603. The molecule has 0 atom stereocenters. The molecule has 0 amide bonds. The Morgan fingerprint density at radius 1 is 1.10 bits per heavy atom. The molecule has 0 aliphatic rings. The van der Waals surface area contributed by atoms with E-state index >= 15 is 0 Å². The smallest absolute Gasteiger partial charge is 0.159 e. The van der Waals surface area contributed by atoms with Gasteiger partial charge in [0.2, 0.25) is 0 Å². The summed E-state index contributed by atoms with van der Waals surface area (Å²) in [6.45, 7) is 4.27. The first kappa shape index (κ1) is 14.6. The van der Waals surface area contributed by atoms with Crippen molar-refractivity contribution in [2.75, 3.05) is 6.61 Å². The molecule has 2 rings (SSSR count). The highest BCUT2D eigenvalue weighted by molar-refractivity contribution is 6.32. The second-order valence-electron chi connectivity index (χ2n) is 4.63. The first-order chi connectivity index (χ1) is 9.61. The zero-order valence-corrected chi connectivity index (χ0v) is 12.4. The summed E-state index contributed by atoms with van der Waals surface area (Å²) in [7, 11) is 0. The molecule has 0 aliphatic heterocycles. The van der Waals surface area contributed by atoms with Crippen LogP contribution in [0.15, 0.2) is 42.5 Å². The number of carbonyl (C=O) groups is 1. The van der Waals surface area contributed by atoms with Gasteiger partial charge in [0, 0.05) is 5.56 Å². The minimum absolute atomic E-state index is 0.0675. The predicted octanol–water partition coefficient (Wildman–Crippen LogP) is 5.00. The molecule has 0 N–H and O–H groups in total. The topological polar surface area (TPSA) is 26.3 Å². The Balaban J connectivity index is 2.24. The molecule has 3 heteroatoms. The van der Waals surface area contributed by atoms with Crippen molar-refractivity contribution in [2.24, 2.45) is 0 Å². The van der Waals surface area contributed by atoms with Crippen molar-refractivity contribution in [3.63, 3.8) is 0 Å². The summed E-state index contributed by atoms with van der Waals surface area (Å²) in [4.78, 5) is 11.3. The van der Waals surface area contributed by atoms with Gasteiger partial charge in [-0.15, -0.1) is 0 Å². The first-order valence-electron chi connectivity index (χ1n) is 6.65. The lowest BCUT2D eigenvalue weighted by molar-refractivity contribution is 0.101. The molecule has 0 bridgehead atoms. The van der Waals surface area contributed by atoms with Gasteiger partial charge in [0.05, 0.1) is 11.6 Å². The second-order valence-corrected chi connectivity index (χ2v) is 5.03. The Morgan fingerprint density at radius 3 is 2.30 bits per heavy atom. The van der Waals surface area contributed by atoms with Gasteiger partial charge in [-0.25, -0.2) is 0 Å². The highest BCUT2D eigenvalue weighted by Crippen LogP contribution is 2.30. The van der Waals surface area contributed by atoms with Gasteiger partial charge in [0.25, 0.3) is 0 Å². The van der Waals surface area contributed by atoms with Gasteiger partial charge in [0.15, 0.2) is 5.78 Å². The highest BCUT2D eigenvalue weighted by atomic mass is 35.5. The van der Waals surface area contributed by atoms with E-state index in [2.05, 4.69) is 6.92 Å². The molecule has 0 saturated carbocycles. The number of ether oxygens (including phenoxy) is 1. The highest BCUT2D eigenvalue weighted by Gasteiger charge is 2.05. The zero-order chi connectivity index (χ0) is 14.5. The first-order valence-corrected chi connectivity index (χ1v) is 7.03. The van der Waals surface area contributed by atoms with Gasteiger partial charge >= 0.3 is 0 Å². The van der Waals surface area contributed by atoms with Crippen molar-refractivity contribution in [1.29, 1.82) is 0 Å². The molecule has 20 heavy (non-hydrogen) atoms. The molecule has 0 spiro atoms. The van der Waals surface area contributed by atoms with Gasteiger partial charge in [-0.2, -0.15) is 0 Å². The van der Waals surface area contributed by atoms with Crippen LogP contribution in [-0.2, 0) is 0 Å². The van der Waals surface area contributed by atoms with Crippen LogP contribution in [0.1, 0.15) is 30.6 Å². The van der Waals surface area contributed by atoms with Crippen molar-refractivity contribution in [2.45, 2.75) is 20.3 Å². The average molecular weight is 289 g/mol. The van der Waals surface area contributed by atoms with Crippen LogP contribution in [0.4, 0.5) is 0 Å². The summed E-state index contributed by atoms with van der Waals surface area (Å²) < 4.78 is 5.55. The van der Waals surface area contributed by atoms with Crippen LogP contribution in [0.2, 0.25) is 5.02 Å². The molecule has 0 aliphatic carbocycles. The van der Waals surface area contributed by atoms with E-state index in [1.165, 1.54) is 0 Å². The summed E-state index contributed by atoms with van der Waals surface area (Å²) in [6, 6.07) is 13.2. The maximum atomic E-state index is 11.3. The Kier molecular flexibility index (Phi) is 4.80. The van der Waals surface area contributed by atoms with Crippen LogP contribution in [-0.4, -0.2) is 12.4 Å². The van der Waals surface area contributed by atoms with Crippen molar-refractivity contribution in [1.82, 2.24) is 0 Å². The van der Waals surface area contributed by atoms with Crippen LogP contribution in [0.3, 0.4) is 0 Å². The number of ketones is 1. The largest absolute Gasteiger partial charge is 0.492 e. The normalized spacial score (nSPS) is 10.3. The lowest BCUT2D eigenvalue weighted by atomic mass is 10.0. The van der Waals surface area contributed by atoms with E-state index in [1.807, 2.05) is 42.5 Å². The quantitative estimate of drug-likeness (QED) is 0.724. The fourth-order valence-electron chi connectivity index (χ4n) is 1.91. The van der Waals surface area contributed by atoms with Gasteiger partial charge in [0.1, 0.15) is 5.75 Å². The number of benzene rings is 2. The third kappa shape index (κ3) is 3.40. The van der Waals surface area contributed by atoms with Gasteiger partial charge in [-0.3, -0.25) is 4.79 Å². The van der Waals surface area contributed by atoms with E-state index in [4.69, 9.17) is 16.3 Å². The predicted molar refractivity (Wildman–Crippen MR) is 82.7 cm³/mol. The molecular formula is C17H17ClO2. The molecule has 0 fully saturated rings. The van der Waals surface area contributed by atoms with Crippen LogP contribution in [0.25, 0.3) is 11.1 Å². The van der Waals surface area contributed by atoms with Crippen molar-refractivity contribution in [3.05, 3.63) is 53.1 Å². The van der Waals surface area contributed by atoms with Crippen LogP contribution in [0.5, 0.6) is 5.75 Å². The zero-order valence-electron chi connectivity index (χ0n) is 11.7. The Labute approximate surface area is 124 Å². The molecule has 0 unspecified atom stereocenters. The molecule has 0 saturated heterocycles. The van der Waals surface area contributed by atoms with E-state index in [0.29, 0.717) is 22.9 Å². The van der Waals surface area contributed by atoms with Gasteiger partial charge in [-0.05, 0) is 36.6 Å². The van der Waals surface area contributed by atoms with Gasteiger partial charge in [-0.1, -0.05) is 48.9 Å². The monoisotopic (exact) mass is 288 g/mol. The average Bonchev–Trinajstić information content (AvgIpc) is 2.46. The summed E-state index contributed by atoms with van der Waals surface area (Å²) in [5.41, 5.74) is 2.75. The third-order valence-corrected chi connectivity index (χ3v) is 3.31. The standard InChI is InChI=1S/C17H17ClO2/c1-3-10-20-17-9-8-15(11-16(17)18)14-6-4-13(5-7-14)12(2)19/h4-9,11H,3,10H2,1-2H3. The minimum Gasteiger partial charge on any atom is -0.492 e. The lowest BCUT2D eigenvalue weighted by Crippen LogP contribution is -1.95. The maximum Gasteiger partial charge on any atom is 0.159 e. The maximum absolute atomic E-state index is 11.3. The van der Waals surface area contributed by atoms with Crippen LogP contribution >= 0.6 is 11.6 Å². The third-order valence-electron chi connectivity index (χ3n) is 3.02. The number of hydrogen-bond acceptors (Lipinski definition) is 2. The summed E-state index contributed by atoms with van der Waals surface area (Å²) in [5, 5.41) is 0.603. The van der Waals surface area contributed by atoms with Crippen molar-refractivity contribution in [3.8, 4) is 16.9 Å². The Hall–Kier alpha value is -1.80. The molecule has 0 aromatic heterocycles. The molecular weight excluding hydrogens is 272 g/mol. The fraction of sp³-hybridized carbons (Fsp3) is 0.235. The number of rotatable bonds is 5. The molecule has 0 heterocycles. The molecule has 104 valence electrons. The number of halogens is 1. The number of hydrogen-bond donors (Lipinski definition) is 0. The van der Waals surface area contributed by atoms with E-state index in [0.717, 1.165) is 17.5 Å². The summed E-state index contributed by atoms with van der Waals surface area (Å²) >= 11 is 6.22. The molecule has 2 aromatic rings. The molecule has 0 radical (unpaired) electrons. The Morgan fingerprint density at radius 2 is 1.75 bits per heavy atom. The number of Topliss-reactive ketones (excluding diaryl/α,β-unsaturated/α-hetero) is 1. The molecule has 2 nitrogen and oxygen atoms in total. The van der Waals surface area contributed by atoms with E-state index in [-0.39, 0.29) is 5.78 Å². The van der Waals surface area contributed by atoms with Crippen molar-refractivity contribution < 1.29 is 9.53 Å². The SMILES string of the molecule is CCCOc1ccc(-c2ccc(C(C)=O)cc2)cc1Cl. The van der Waals surface area contributed by atoms with E-state index in [1.54, 1.807) is 6.92 Å². The summed E-state index contributed by atoms with van der Waals surface area (Å²) in [5.74, 6) is 0.774. The second kappa shape index (κ2) is 6.58. The van der Waals surface area contributed by atoms with Crippen molar-refractivity contribution >= 4 is 17.4 Å². The minimum atomic E-state index is 0.0675. The van der Waals surface area contributed by atoms with Crippen LogP contribution in [0, 0.1) is 0 Å². The van der Waals surface area contributed by atoms with E-state index < -0.39 is 0 Å². The lowest BCUT2D eigenvalue weighted by Gasteiger charge is -2.09. The summed E-state index contributed by atoms with van der Waals surface area (Å²) in [6.07, 6.45) is 0.949.